The van der Waals surface area contributed by atoms with Gasteiger partial charge in [-0.1, -0.05) is 36.4 Å². The second-order valence-electron chi connectivity index (χ2n) is 19.4. The Morgan fingerprint density at radius 1 is 0.544 bits per heavy atom. The molecule has 0 bridgehead atoms. The average Bonchev–Trinajstić information content (AvgIpc) is 4.38. The molecule has 3 N–H and O–H groups in total. The first-order valence-electron chi connectivity index (χ1n) is 25.1. The van der Waals surface area contributed by atoms with Crippen molar-refractivity contribution < 1.29 is 51.4 Å². The number of ketones is 3. The van der Waals surface area contributed by atoms with Crippen molar-refractivity contribution in [2.45, 2.75) is 58.8 Å². The standard InChI is InChI=1S/C31H24FN3O4.C18H14N4O2.C12H11FO3/c1-19-14-26-25(17-24(19)30-35-34-18-38-30)27(10-13-33-26)39-23-8-4-21(5-9-23)16-29(37)31(11-12-31)28(36)15-20-2-6-22(32)7-3-20;1-11-8-16-15(9-14(11)18-22-21-10-23-18)17(6-7-20-16)24-13-4-2-12(19)3-5-13;13-9-3-1-8(2-4-9)7-10(14)12(5-6-12)11(15)16/h2-10,13-14,17-18H,11-12,15-16H2,1H3;2-10H,19H2,1H3;1-4H,5-7H2,(H,15,16). The Hall–Kier alpha value is -9.84. The molecule has 4 aromatic heterocycles. The van der Waals surface area contributed by atoms with Gasteiger partial charge < -0.3 is 29.1 Å². The third-order valence-electron chi connectivity index (χ3n) is 14.0. The molecular formula is C61H49F2N7O9. The highest BCUT2D eigenvalue weighted by atomic mass is 19.1. The Balaban J connectivity index is 0.000000149. The number of aromatic nitrogens is 6. The van der Waals surface area contributed by atoms with E-state index in [4.69, 9.17) is 29.1 Å². The minimum atomic E-state index is -1.16. The van der Waals surface area contributed by atoms with Gasteiger partial charge >= 0.3 is 5.97 Å². The molecule has 2 aliphatic rings. The van der Waals surface area contributed by atoms with E-state index in [1.165, 1.54) is 49.2 Å². The molecule has 2 fully saturated rings. The third-order valence-corrected chi connectivity index (χ3v) is 14.0. The number of Topliss-reactive ketones (excluding diaryl/α,β-unsaturated/α-hetero) is 3. The molecule has 2 aliphatic carbocycles. The number of nitrogen functional groups attached to an aromatic ring is 1. The monoisotopic (exact) mass is 1060 g/mol. The Labute approximate surface area is 450 Å². The number of carbonyl (C=O) groups excluding carboxylic acids is 3. The zero-order valence-corrected chi connectivity index (χ0v) is 42.7. The van der Waals surface area contributed by atoms with Crippen LogP contribution in [0.3, 0.4) is 0 Å². The van der Waals surface area contributed by atoms with Crippen molar-refractivity contribution in [2.24, 2.45) is 10.8 Å². The van der Waals surface area contributed by atoms with Crippen molar-refractivity contribution in [1.82, 2.24) is 30.4 Å². The average molecular weight is 1060 g/mol. The number of hydrogen-bond donors (Lipinski definition) is 2. The van der Waals surface area contributed by atoms with E-state index in [0.29, 0.717) is 77.3 Å². The maximum absolute atomic E-state index is 13.2. The maximum atomic E-state index is 13.2. The number of nitrogens with two attached hydrogens (primary N) is 1. The Kier molecular flexibility index (Phi) is 14.9. The molecule has 6 aromatic carbocycles. The van der Waals surface area contributed by atoms with Gasteiger partial charge in [-0.05, 0) is 164 Å². The van der Waals surface area contributed by atoms with Crippen LogP contribution >= 0.6 is 0 Å². The number of carboxylic acids is 1. The Bertz CT molecular complexity index is 3850. The van der Waals surface area contributed by atoms with Gasteiger partial charge in [-0.2, -0.15) is 0 Å². The molecule has 0 amide bonds. The second kappa shape index (κ2) is 22.4. The van der Waals surface area contributed by atoms with Crippen molar-refractivity contribution >= 4 is 50.8 Å². The normalized spacial score (nSPS) is 13.5. The van der Waals surface area contributed by atoms with Crippen LogP contribution in [-0.4, -0.2) is 58.8 Å². The van der Waals surface area contributed by atoms with Crippen molar-refractivity contribution in [1.29, 1.82) is 0 Å². The van der Waals surface area contributed by atoms with Crippen LogP contribution in [0.1, 0.15) is 53.5 Å². The van der Waals surface area contributed by atoms with Crippen molar-refractivity contribution in [3.63, 3.8) is 0 Å². The number of carbonyl (C=O) groups is 4. The van der Waals surface area contributed by atoms with Gasteiger partial charge in [-0.3, -0.25) is 29.1 Å². The molecule has 16 nitrogen and oxygen atoms in total. The summed E-state index contributed by atoms with van der Waals surface area (Å²) in [4.78, 5) is 57.6. The highest BCUT2D eigenvalue weighted by Gasteiger charge is 2.56. The van der Waals surface area contributed by atoms with E-state index in [-0.39, 0.29) is 48.2 Å². The van der Waals surface area contributed by atoms with E-state index in [9.17, 15) is 28.0 Å². The molecule has 2 saturated carbocycles. The van der Waals surface area contributed by atoms with Gasteiger partial charge in [0.05, 0.1) is 16.4 Å². The van der Waals surface area contributed by atoms with Crippen molar-refractivity contribution in [3.05, 3.63) is 198 Å². The molecule has 79 heavy (non-hydrogen) atoms. The van der Waals surface area contributed by atoms with Crippen LogP contribution in [0.2, 0.25) is 0 Å². The highest BCUT2D eigenvalue weighted by Crippen LogP contribution is 2.49. The van der Waals surface area contributed by atoms with E-state index in [2.05, 4.69) is 30.4 Å². The van der Waals surface area contributed by atoms with Gasteiger partial charge in [-0.25, -0.2) is 8.78 Å². The number of pyridine rings is 2. The number of carboxylic acid groups (broad SMARTS) is 1. The molecule has 0 spiro atoms. The van der Waals surface area contributed by atoms with Crippen LogP contribution in [0, 0.1) is 36.3 Å². The summed E-state index contributed by atoms with van der Waals surface area (Å²) in [6.07, 6.45) is 8.34. The SMILES string of the molecule is Cc1cc2nccc(Oc3ccc(CC(=O)C4(C(=O)Cc5ccc(F)cc5)CC4)cc3)c2cc1-c1nnco1.Cc1cc2nccc(Oc3ccc(N)cc3)c2cc1-c1nnco1.O=C(O)C1(C(=O)Cc2ccc(F)cc2)CC1. The molecule has 0 aliphatic heterocycles. The lowest BCUT2D eigenvalue weighted by Crippen LogP contribution is -2.28. The zero-order valence-electron chi connectivity index (χ0n) is 42.7. The minimum absolute atomic E-state index is 0.0621. The van der Waals surface area contributed by atoms with E-state index >= 15 is 0 Å². The van der Waals surface area contributed by atoms with Gasteiger partial charge in [0.25, 0.3) is 0 Å². The number of anilines is 1. The fourth-order valence-electron chi connectivity index (χ4n) is 9.07. The molecule has 12 rings (SSSR count). The summed E-state index contributed by atoms with van der Waals surface area (Å²) in [6, 6.07) is 37.3. The van der Waals surface area contributed by atoms with Crippen LogP contribution in [0.5, 0.6) is 23.0 Å². The first-order valence-corrected chi connectivity index (χ1v) is 25.1. The first-order chi connectivity index (χ1) is 38.2. The van der Waals surface area contributed by atoms with Crippen LogP contribution in [0.4, 0.5) is 14.5 Å². The molecule has 18 heteroatoms. The molecule has 0 radical (unpaired) electrons. The molecule has 0 saturated heterocycles. The molecule has 4 heterocycles. The Morgan fingerprint density at radius 2 is 0.924 bits per heavy atom. The van der Waals surface area contributed by atoms with Gasteiger partial charge in [0, 0.05) is 59.2 Å². The predicted octanol–water partition coefficient (Wildman–Crippen LogP) is 12.0. The molecule has 0 atom stereocenters. The van der Waals surface area contributed by atoms with Gasteiger partial charge in [0.15, 0.2) is 17.3 Å². The summed E-state index contributed by atoms with van der Waals surface area (Å²) in [5, 5.41) is 26.1. The molecule has 10 aromatic rings. The van der Waals surface area contributed by atoms with Crippen LogP contribution in [0.25, 0.3) is 44.7 Å². The predicted molar refractivity (Wildman–Crippen MR) is 287 cm³/mol. The number of rotatable bonds is 16. The van der Waals surface area contributed by atoms with Gasteiger partial charge in [0.1, 0.15) is 40.0 Å². The summed E-state index contributed by atoms with van der Waals surface area (Å²) in [5.41, 5.74) is 11.7. The smallest absolute Gasteiger partial charge is 0.317 e. The van der Waals surface area contributed by atoms with Gasteiger partial charge in [-0.15, -0.1) is 20.4 Å². The van der Waals surface area contributed by atoms with Crippen molar-refractivity contribution in [2.75, 3.05) is 5.73 Å². The summed E-state index contributed by atoms with van der Waals surface area (Å²) in [5.74, 6) is 1.30. The number of benzene rings is 6. The molecule has 0 unspecified atom stereocenters. The Morgan fingerprint density at radius 3 is 1.29 bits per heavy atom. The number of ether oxygens (including phenoxy) is 2. The lowest BCUT2D eigenvalue weighted by atomic mass is 9.88. The fourth-order valence-corrected chi connectivity index (χ4v) is 9.07. The van der Waals surface area contributed by atoms with Crippen LogP contribution in [0.15, 0.2) is 167 Å². The lowest BCUT2D eigenvalue weighted by Gasteiger charge is -2.14. The quantitative estimate of drug-likeness (QED) is 0.0676. The highest BCUT2D eigenvalue weighted by molar-refractivity contribution is 6.11. The number of aryl methyl sites for hydroxylation is 2. The van der Waals surface area contributed by atoms with Crippen LogP contribution < -0.4 is 15.2 Å². The number of fused-ring (bicyclic) bond motifs is 2. The number of aliphatic carboxylic acids is 1. The van der Waals surface area contributed by atoms with E-state index in [1.54, 1.807) is 42.7 Å². The zero-order chi connectivity index (χ0) is 55.3. The van der Waals surface area contributed by atoms with Crippen LogP contribution in [-0.2, 0) is 38.4 Å². The summed E-state index contributed by atoms with van der Waals surface area (Å²) in [6.45, 7) is 3.94. The largest absolute Gasteiger partial charge is 0.480 e. The second-order valence-corrected chi connectivity index (χ2v) is 19.4. The number of nitrogens with zero attached hydrogens (tertiary/aromatic N) is 6. The third kappa shape index (κ3) is 11.9. The van der Waals surface area contributed by atoms with E-state index in [0.717, 1.165) is 49.6 Å². The summed E-state index contributed by atoms with van der Waals surface area (Å²) >= 11 is 0. The number of halogens is 2. The van der Waals surface area contributed by atoms with Crippen molar-refractivity contribution in [3.8, 4) is 45.9 Å². The van der Waals surface area contributed by atoms with E-state index in [1.807, 2.05) is 80.6 Å². The van der Waals surface area contributed by atoms with Gasteiger partial charge in [0.2, 0.25) is 24.6 Å². The maximum Gasteiger partial charge on any atom is 0.317 e. The summed E-state index contributed by atoms with van der Waals surface area (Å²) < 4.78 is 48.7. The summed E-state index contributed by atoms with van der Waals surface area (Å²) in [7, 11) is 0. The minimum Gasteiger partial charge on any atom is -0.480 e. The molecular weight excluding hydrogens is 1010 g/mol. The van der Waals surface area contributed by atoms with E-state index < -0.39 is 16.8 Å². The topological polar surface area (TPSA) is 237 Å². The lowest BCUT2D eigenvalue weighted by molar-refractivity contribution is -0.148. The fraction of sp³-hybridized carbons (Fsp3) is 0.180. The molecule has 396 valence electrons. The number of hydrogen-bond acceptors (Lipinski definition) is 15. The first kappa shape index (κ1) is 52.6.